The molecule has 0 spiro atoms. The fraction of sp³-hybridized carbons (Fsp3) is 0.214. The van der Waals surface area contributed by atoms with Crippen LogP contribution in [0.25, 0.3) is 10.1 Å². The normalized spacial score (nSPS) is 12.3. The number of anilines is 2. The molecule has 2 aromatic heterocycles. The highest BCUT2D eigenvalue weighted by Gasteiger charge is 2.12. The molecule has 0 fully saturated rings. The number of ether oxygens (including phenoxy) is 1. The van der Waals surface area contributed by atoms with Crippen molar-refractivity contribution in [3.63, 3.8) is 0 Å². The molecule has 0 aliphatic rings. The topological polar surface area (TPSA) is 86.0 Å². The first-order valence-electron chi connectivity index (χ1n) is 6.46. The van der Waals surface area contributed by atoms with Gasteiger partial charge in [0.25, 0.3) is 0 Å². The van der Waals surface area contributed by atoms with Gasteiger partial charge < -0.3 is 15.8 Å². The molecule has 3 N–H and O–H groups in total. The third-order valence-corrected chi connectivity index (χ3v) is 4.33. The lowest BCUT2D eigenvalue weighted by Gasteiger charge is -2.12. The molecule has 1 atom stereocenters. The first-order valence-corrected chi connectivity index (χ1v) is 7.28. The van der Waals surface area contributed by atoms with Gasteiger partial charge in [-0.05, 0) is 24.4 Å². The minimum absolute atomic E-state index is 0.0638. The average molecular weight is 301 g/mol. The number of rotatable bonds is 4. The Kier molecular flexibility index (Phi) is 3.57. The van der Waals surface area contributed by atoms with Crippen LogP contribution in [0, 0.1) is 0 Å². The van der Waals surface area contributed by atoms with Crippen LogP contribution in [0.3, 0.4) is 0 Å². The number of nitrogens with one attached hydrogen (secondary N) is 1. The van der Waals surface area contributed by atoms with E-state index in [1.54, 1.807) is 11.3 Å². The van der Waals surface area contributed by atoms with Crippen LogP contribution >= 0.6 is 11.3 Å². The summed E-state index contributed by atoms with van der Waals surface area (Å²) in [6.07, 6.45) is 0. The molecule has 0 bridgehead atoms. The van der Waals surface area contributed by atoms with Crippen molar-refractivity contribution in [2.24, 2.45) is 0 Å². The van der Waals surface area contributed by atoms with Crippen LogP contribution in [0.5, 0.6) is 6.01 Å². The van der Waals surface area contributed by atoms with E-state index in [2.05, 4.69) is 45.4 Å². The van der Waals surface area contributed by atoms with Gasteiger partial charge in [0.1, 0.15) is 0 Å². The van der Waals surface area contributed by atoms with Crippen LogP contribution in [-0.2, 0) is 0 Å². The minimum Gasteiger partial charge on any atom is -0.467 e. The Labute approximate surface area is 126 Å². The van der Waals surface area contributed by atoms with Crippen molar-refractivity contribution in [3.8, 4) is 6.01 Å². The SMILES string of the molecule is COc1nc(N)nc(NC(C)c2cc3ccccc3s2)n1. The predicted molar refractivity (Wildman–Crippen MR) is 84.7 cm³/mol. The highest BCUT2D eigenvalue weighted by atomic mass is 32.1. The number of hydrogen-bond acceptors (Lipinski definition) is 7. The van der Waals surface area contributed by atoms with Crippen molar-refractivity contribution >= 4 is 33.3 Å². The van der Waals surface area contributed by atoms with Gasteiger partial charge in [-0.15, -0.1) is 11.3 Å². The van der Waals surface area contributed by atoms with Gasteiger partial charge in [0.05, 0.1) is 13.2 Å². The van der Waals surface area contributed by atoms with Gasteiger partial charge in [-0.25, -0.2) is 0 Å². The third-order valence-electron chi connectivity index (χ3n) is 3.03. The number of methoxy groups -OCH3 is 1. The summed E-state index contributed by atoms with van der Waals surface area (Å²) in [4.78, 5) is 13.3. The summed E-state index contributed by atoms with van der Waals surface area (Å²) in [6.45, 7) is 2.05. The summed E-state index contributed by atoms with van der Waals surface area (Å²) < 4.78 is 6.25. The Morgan fingerprint density at radius 2 is 2.05 bits per heavy atom. The summed E-state index contributed by atoms with van der Waals surface area (Å²) in [5.74, 6) is 0.539. The summed E-state index contributed by atoms with van der Waals surface area (Å²) in [7, 11) is 1.49. The van der Waals surface area contributed by atoms with Crippen LogP contribution in [-0.4, -0.2) is 22.1 Å². The van der Waals surface area contributed by atoms with E-state index >= 15 is 0 Å². The molecular formula is C14H15N5OS. The second-order valence-electron chi connectivity index (χ2n) is 4.56. The standard InChI is InChI=1S/C14H15N5OS/c1-8(11-7-9-5-3-4-6-10(9)21-11)16-13-17-12(15)18-14(19-13)20-2/h3-8H,1-2H3,(H3,15,16,17,18,19). The number of nitrogens with two attached hydrogens (primary N) is 1. The molecular weight excluding hydrogens is 286 g/mol. The molecule has 0 aliphatic heterocycles. The number of nitrogen functional groups attached to an aromatic ring is 1. The van der Waals surface area contributed by atoms with Gasteiger partial charge in [0.2, 0.25) is 11.9 Å². The van der Waals surface area contributed by atoms with Crippen molar-refractivity contribution in [3.05, 3.63) is 35.2 Å². The second kappa shape index (κ2) is 5.53. The summed E-state index contributed by atoms with van der Waals surface area (Å²) in [5, 5.41) is 4.46. The molecule has 2 heterocycles. The van der Waals surface area contributed by atoms with E-state index in [0.717, 1.165) is 0 Å². The zero-order chi connectivity index (χ0) is 14.8. The minimum atomic E-state index is 0.0638. The molecule has 1 unspecified atom stereocenters. The maximum atomic E-state index is 5.63. The van der Waals surface area contributed by atoms with Gasteiger partial charge in [0.15, 0.2) is 0 Å². The van der Waals surface area contributed by atoms with Gasteiger partial charge in [0, 0.05) is 9.58 Å². The largest absolute Gasteiger partial charge is 0.467 e. The van der Waals surface area contributed by atoms with E-state index in [9.17, 15) is 0 Å². The van der Waals surface area contributed by atoms with E-state index < -0.39 is 0 Å². The fourth-order valence-electron chi connectivity index (χ4n) is 2.01. The Balaban J connectivity index is 1.85. The van der Waals surface area contributed by atoms with Crippen LogP contribution in [0.15, 0.2) is 30.3 Å². The third kappa shape index (κ3) is 2.87. The van der Waals surface area contributed by atoms with Crippen molar-refractivity contribution in [1.82, 2.24) is 15.0 Å². The van der Waals surface area contributed by atoms with E-state index in [1.807, 2.05) is 12.1 Å². The molecule has 21 heavy (non-hydrogen) atoms. The van der Waals surface area contributed by atoms with Gasteiger partial charge in [-0.2, -0.15) is 15.0 Å². The molecule has 1 aromatic carbocycles. The number of hydrogen-bond donors (Lipinski definition) is 2. The number of aromatic nitrogens is 3. The molecule has 0 saturated carbocycles. The Hall–Kier alpha value is -2.41. The van der Waals surface area contributed by atoms with E-state index in [1.165, 1.54) is 22.1 Å². The molecule has 3 rings (SSSR count). The molecule has 0 saturated heterocycles. The van der Waals surface area contributed by atoms with E-state index in [-0.39, 0.29) is 18.0 Å². The monoisotopic (exact) mass is 301 g/mol. The van der Waals surface area contributed by atoms with Crippen molar-refractivity contribution in [1.29, 1.82) is 0 Å². The number of thiophene rings is 1. The van der Waals surface area contributed by atoms with Gasteiger partial charge in [-0.1, -0.05) is 18.2 Å². The van der Waals surface area contributed by atoms with Crippen molar-refractivity contribution < 1.29 is 4.74 Å². The molecule has 7 heteroatoms. The van der Waals surface area contributed by atoms with Crippen LogP contribution in [0.4, 0.5) is 11.9 Å². The lowest BCUT2D eigenvalue weighted by molar-refractivity contribution is 0.379. The fourth-order valence-corrected chi connectivity index (χ4v) is 3.08. The first kappa shape index (κ1) is 13.6. The Bertz CT molecular complexity index is 740. The van der Waals surface area contributed by atoms with Crippen molar-refractivity contribution in [2.45, 2.75) is 13.0 Å². The molecule has 0 aliphatic carbocycles. The highest BCUT2D eigenvalue weighted by Crippen LogP contribution is 2.31. The summed E-state index contributed by atoms with van der Waals surface area (Å²) in [6, 6.07) is 10.7. The van der Waals surface area contributed by atoms with E-state index in [0.29, 0.717) is 5.95 Å². The highest BCUT2D eigenvalue weighted by molar-refractivity contribution is 7.19. The Morgan fingerprint density at radius 1 is 1.24 bits per heavy atom. The smallest absolute Gasteiger partial charge is 0.322 e. The molecule has 3 aromatic rings. The molecule has 108 valence electrons. The quantitative estimate of drug-likeness (QED) is 0.770. The number of nitrogens with zero attached hydrogens (tertiary/aromatic N) is 3. The molecule has 6 nitrogen and oxygen atoms in total. The summed E-state index contributed by atoms with van der Waals surface area (Å²) >= 11 is 1.74. The molecule has 0 radical (unpaired) electrons. The second-order valence-corrected chi connectivity index (χ2v) is 5.67. The first-order chi connectivity index (χ1) is 10.2. The average Bonchev–Trinajstić information content (AvgIpc) is 2.90. The zero-order valence-electron chi connectivity index (χ0n) is 11.7. The van der Waals surface area contributed by atoms with Crippen LogP contribution in [0.1, 0.15) is 17.8 Å². The van der Waals surface area contributed by atoms with E-state index in [4.69, 9.17) is 10.5 Å². The predicted octanol–water partition coefficient (Wildman–Crippen LogP) is 2.85. The lowest BCUT2D eigenvalue weighted by Crippen LogP contribution is -2.11. The van der Waals surface area contributed by atoms with Gasteiger partial charge in [-0.3, -0.25) is 0 Å². The Morgan fingerprint density at radius 3 is 2.81 bits per heavy atom. The lowest BCUT2D eigenvalue weighted by atomic mass is 10.2. The number of benzene rings is 1. The van der Waals surface area contributed by atoms with Crippen LogP contribution in [0.2, 0.25) is 0 Å². The maximum absolute atomic E-state index is 5.63. The van der Waals surface area contributed by atoms with Crippen LogP contribution < -0.4 is 15.8 Å². The number of fused-ring (bicyclic) bond motifs is 1. The van der Waals surface area contributed by atoms with Crippen molar-refractivity contribution in [2.75, 3.05) is 18.2 Å². The summed E-state index contributed by atoms with van der Waals surface area (Å²) in [5.41, 5.74) is 5.63. The van der Waals surface area contributed by atoms with Gasteiger partial charge >= 0.3 is 6.01 Å². The maximum Gasteiger partial charge on any atom is 0.322 e. The zero-order valence-corrected chi connectivity index (χ0v) is 12.5. The molecule has 0 amide bonds.